The second-order valence-corrected chi connectivity index (χ2v) is 5.63. The van der Waals surface area contributed by atoms with Gasteiger partial charge in [0.1, 0.15) is 5.69 Å². The minimum absolute atomic E-state index is 0.120. The quantitative estimate of drug-likeness (QED) is 0.839. The van der Waals surface area contributed by atoms with E-state index in [-0.39, 0.29) is 18.0 Å². The molecule has 0 saturated heterocycles. The molecule has 5 nitrogen and oxygen atoms in total. The predicted molar refractivity (Wildman–Crippen MR) is 76.0 cm³/mol. The van der Waals surface area contributed by atoms with Gasteiger partial charge in [0, 0.05) is 18.3 Å². The molecule has 1 amide bonds. The molecule has 0 fully saturated rings. The van der Waals surface area contributed by atoms with E-state index in [9.17, 15) is 9.59 Å². The SMILES string of the molecule is CC(C)n1cc(Cl)cc1C(=O)NC1C=CC(C(=O)O)C1. The number of carboxylic acid groups (broad SMARTS) is 1. The molecule has 0 radical (unpaired) electrons. The number of hydrogen-bond acceptors (Lipinski definition) is 2. The van der Waals surface area contributed by atoms with Crippen molar-refractivity contribution in [2.45, 2.75) is 32.4 Å². The highest BCUT2D eigenvalue weighted by Crippen LogP contribution is 2.21. The fourth-order valence-electron chi connectivity index (χ4n) is 2.29. The maximum absolute atomic E-state index is 12.2. The third kappa shape index (κ3) is 3.04. The summed E-state index contributed by atoms with van der Waals surface area (Å²) < 4.78 is 1.80. The number of nitrogens with one attached hydrogen (secondary N) is 1. The molecule has 1 aliphatic rings. The zero-order valence-electron chi connectivity index (χ0n) is 11.3. The molecular formula is C14H17ClN2O3. The highest BCUT2D eigenvalue weighted by Gasteiger charge is 2.26. The van der Waals surface area contributed by atoms with Gasteiger partial charge in [-0.15, -0.1) is 0 Å². The average Bonchev–Trinajstić information content (AvgIpc) is 2.95. The van der Waals surface area contributed by atoms with Crippen molar-refractivity contribution in [2.24, 2.45) is 5.92 Å². The molecule has 2 atom stereocenters. The van der Waals surface area contributed by atoms with Crippen LogP contribution < -0.4 is 5.32 Å². The number of halogens is 1. The van der Waals surface area contributed by atoms with Crippen LogP contribution in [0.25, 0.3) is 0 Å². The lowest BCUT2D eigenvalue weighted by molar-refractivity contribution is -0.140. The van der Waals surface area contributed by atoms with Crippen LogP contribution in [-0.2, 0) is 4.79 Å². The summed E-state index contributed by atoms with van der Waals surface area (Å²) in [6, 6.07) is 1.48. The van der Waals surface area contributed by atoms with Crippen LogP contribution in [0.15, 0.2) is 24.4 Å². The van der Waals surface area contributed by atoms with Crippen molar-refractivity contribution in [1.29, 1.82) is 0 Å². The lowest BCUT2D eigenvalue weighted by Crippen LogP contribution is -2.34. The van der Waals surface area contributed by atoms with Gasteiger partial charge in [-0.3, -0.25) is 9.59 Å². The van der Waals surface area contributed by atoms with Crippen molar-refractivity contribution in [1.82, 2.24) is 9.88 Å². The zero-order chi connectivity index (χ0) is 14.9. The van der Waals surface area contributed by atoms with Crippen LogP contribution in [0.4, 0.5) is 0 Å². The molecule has 20 heavy (non-hydrogen) atoms. The Morgan fingerprint density at radius 1 is 1.45 bits per heavy atom. The van der Waals surface area contributed by atoms with Crippen LogP contribution >= 0.6 is 11.6 Å². The van der Waals surface area contributed by atoms with Gasteiger partial charge in [0.2, 0.25) is 0 Å². The second-order valence-electron chi connectivity index (χ2n) is 5.19. The molecule has 1 heterocycles. The van der Waals surface area contributed by atoms with E-state index in [1.165, 1.54) is 0 Å². The van der Waals surface area contributed by atoms with E-state index >= 15 is 0 Å². The Kier molecular flexibility index (Phi) is 4.18. The minimum atomic E-state index is -0.869. The lowest BCUT2D eigenvalue weighted by atomic mass is 10.1. The number of aliphatic carboxylic acids is 1. The summed E-state index contributed by atoms with van der Waals surface area (Å²) in [7, 11) is 0. The van der Waals surface area contributed by atoms with Crippen molar-refractivity contribution >= 4 is 23.5 Å². The molecule has 0 bridgehead atoms. The topological polar surface area (TPSA) is 71.3 Å². The van der Waals surface area contributed by atoms with Gasteiger partial charge in [0.05, 0.1) is 10.9 Å². The number of nitrogens with zero attached hydrogens (tertiary/aromatic N) is 1. The average molecular weight is 297 g/mol. The summed E-state index contributed by atoms with van der Waals surface area (Å²) in [5.41, 5.74) is 0.483. The number of amides is 1. The molecule has 0 aromatic carbocycles. The Balaban J connectivity index is 2.07. The van der Waals surface area contributed by atoms with Crippen molar-refractivity contribution < 1.29 is 14.7 Å². The van der Waals surface area contributed by atoms with Crippen LogP contribution in [0.5, 0.6) is 0 Å². The molecule has 1 aromatic rings. The van der Waals surface area contributed by atoms with E-state index in [0.29, 0.717) is 17.1 Å². The highest BCUT2D eigenvalue weighted by atomic mass is 35.5. The summed E-state index contributed by atoms with van der Waals surface area (Å²) in [5, 5.41) is 12.2. The number of rotatable bonds is 4. The summed E-state index contributed by atoms with van der Waals surface area (Å²) in [5.74, 6) is -1.64. The van der Waals surface area contributed by atoms with Gasteiger partial charge in [0.25, 0.3) is 5.91 Å². The van der Waals surface area contributed by atoms with Gasteiger partial charge in [-0.25, -0.2) is 0 Å². The van der Waals surface area contributed by atoms with Gasteiger partial charge in [-0.2, -0.15) is 0 Å². The van der Waals surface area contributed by atoms with Crippen LogP contribution in [0, 0.1) is 5.92 Å². The summed E-state index contributed by atoms with van der Waals surface area (Å²) >= 11 is 5.94. The fraction of sp³-hybridized carbons (Fsp3) is 0.429. The summed E-state index contributed by atoms with van der Waals surface area (Å²) in [6.07, 6.45) is 5.44. The van der Waals surface area contributed by atoms with E-state index in [4.69, 9.17) is 16.7 Å². The number of aromatic nitrogens is 1. The number of carbonyl (C=O) groups is 2. The van der Waals surface area contributed by atoms with Crippen LogP contribution in [0.2, 0.25) is 5.02 Å². The van der Waals surface area contributed by atoms with Crippen LogP contribution in [-0.4, -0.2) is 27.6 Å². The van der Waals surface area contributed by atoms with Crippen molar-refractivity contribution in [2.75, 3.05) is 0 Å². The summed E-state index contributed by atoms with van der Waals surface area (Å²) in [6.45, 7) is 3.92. The van der Waals surface area contributed by atoms with Crippen molar-refractivity contribution in [3.8, 4) is 0 Å². The third-order valence-corrected chi connectivity index (χ3v) is 3.53. The van der Waals surface area contributed by atoms with Gasteiger partial charge >= 0.3 is 5.97 Å². The zero-order valence-corrected chi connectivity index (χ0v) is 12.1. The summed E-state index contributed by atoms with van der Waals surface area (Å²) in [4.78, 5) is 23.1. The van der Waals surface area contributed by atoms with E-state index in [0.717, 1.165) is 0 Å². The molecule has 2 unspecified atom stereocenters. The lowest BCUT2D eigenvalue weighted by Gasteiger charge is -2.15. The molecule has 2 N–H and O–H groups in total. The fourth-order valence-corrected chi connectivity index (χ4v) is 2.49. The van der Waals surface area contributed by atoms with E-state index in [1.807, 2.05) is 13.8 Å². The Morgan fingerprint density at radius 3 is 2.70 bits per heavy atom. The van der Waals surface area contributed by atoms with Crippen molar-refractivity contribution in [3.05, 3.63) is 35.1 Å². The van der Waals surface area contributed by atoms with Gasteiger partial charge < -0.3 is 15.0 Å². The monoisotopic (exact) mass is 296 g/mol. The van der Waals surface area contributed by atoms with E-state index < -0.39 is 11.9 Å². The molecule has 0 saturated carbocycles. The molecule has 0 spiro atoms. The molecule has 1 aromatic heterocycles. The largest absolute Gasteiger partial charge is 0.481 e. The number of carboxylic acids is 1. The standard InChI is InChI=1S/C14H17ClN2O3/c1-8(2)17-7-10(15)6-12(17)13(18)16-11-4-3-9(5-11)14(19)20/h3-4,6-9,11H,5H2,1-2H3,(H,16,18)(H,19,20). The Bertz CT molecular complexity index is 563. The van der Waals surface area contributed by atoms with E-state index in [2.05, 4.69) is 5.32 Å². The highest BCUT2D eigenvalue weighted by molar-refractivity contribution is 6.31. The first kappa shape index (κ1) is 14.7. The Labute approximate surface area is 122 Å². The molecule has 6 heteroatoms. The van der Waals surface area contributed by atoms with Gasteiger partial charge in [-0.1, -0.05) is 23.8 Å². The minimum Gasteiger partial charge on any atom is -0.481 e. The maximum Gasteiger partial charge on any atom is 0.310 e. The molecule has 108 valence electrons. The first-order chi connectivity index (χ1) is 9.38. The van der Waals surface area contributed by atoms with Crippen LogP contribution in [0.3, 0.4) is 0 Å². The first-order valence-corrected chi connectivity index (χ1v) is 6.85. The Hall–Kier alpha value is -1.75. The Morgan fingerprint density at radius 2 is 2.15 bits per heavy atom. The third-order valence-electron chi connectivity index (χ3n) is 3.32. The smallest absolute Gasteiger partial charge is 0.310 e. The number of carbonyl (C=O) groups excluding carboxylic acids is 1. The predicted octanol–water partition coefficient (Wildman–Crippen LogP) is 2.48. The second kappa shape index (κ2) is 5.71. The van der Waals surface area contributed by atoms with E-state index in [1.54, 1.807) is 29.0 Å². The molecule has 0 aliphatic heterocycles. The van der Waals surface area contributed by atoms with Crippen LogP contribution in [0.1, 0.15) is 36.8 Å². The first-order valence-electron chi connectivity index (χ1n) is 6.48. The molecular weight excluding hydrogens is 280 g/mol. The van der Waals surface area contributed by atoms with Gasteiger partial charge in [0.15, 0.2) is 0 Å². The molecule has 2 rings (SSSR count). The van der Waals surface area contributed by atoms with Crippen molar-refractivity contribution in [3.63, 3.8) is 0 Å². The number of hydrogen-bond donors (Lipinski definition) is 2. The molecule has 1 aliphatic carbocycles. The maximum atomic E-state index is 12.2. The van der Waals surface area contributed by atoms with Gasteiger partial charge in [-0.05, 0) is 26.3 Å². The normalized spacial score (nSPS) is 21.4.